The zero-order valence-corrected chi connectivity index (χ0v) is 9.57. The number of anilines is 4. The Labute approximate surface area is 99.9 Å². The van der Waals surface area contributed by atoms with Crippen LogP contribution in [0.1, 0.15) is 5.56 Å². The zero-order valence-electron chi connectivity index (χ0n) is 9.57. The Morgan fingerprint density at radius 1 is 1.00 bits per heavy atom. The average Bonchev–Trinajstić information content (AvgIpc) is 2.32. The van der Waals surface area contributed by atoms with Gasteiger partial charge in [0.05, 0.1) is 17.1 Å². The van der Waals surface area contributed by atoms with E-state index in [1.807, 2.05) is 25.1 Å². The van der Waals surface area contributed by atoms with Gasteiger partial charge in [-0.05, 0) is 36.8 Å². The van der Waals surface area contributed by atoms with Gasteiger partial charge >= 0.3 is 0 Å². The molecule has 0 atom stereocenters. The normalized spacial score (nSPS) is 10.2. The van der Waals surface area contributed by atoms with E-state index in [1.165, 1.54) is 0 Å². The van der Waals surface area contributed by atoms with Gasteiger partial charge in [0.15, 0.2) is 0 Å². The van der Waals surface area contributed by atoms with Gasteiger partial charge in [-0.25, -0.2) is 0 Å². The molecule has 17 heavy (non-hydrogen) atoms. The van der Waals surface area contributed by atoms with Crippen molar-refractivity contribution in [2.45, 2.75) is 6.92 Å². The number of hydrogen-bond donors (Lipinski definition) is 4. The summed E-state index contributed by atoms with van der Waals surface area (Å²) in [4.78, 5) is 0. The highest BCUT2D eigenvalue weighted by molar-refractivity contribution is 5.79. The number of nitrogen functional groups attached to an aromatic ring is 2. The standard InChI is InChI=1S/C13H15N3O/c1-8-9(14)6-7-12(17)13(8)16-11-5-3-2-4-10(11)15/h2-7,16-17H,14-15H2,1H3. The van der Waals surface area contributed by atoms with Gasteiger partial charge in [0.25, 0.3) is 0 Å². The van der Waals surface area contributed by atoms with Crippen molar-refractivity contribution in [1.82, 2.24) is 0 Å². The molecule has 0 spiro atoms. The van der Waals surface area contributed by atoms with Gasteiger partial charge in [-0.15, -0.1) is 0 Å². The summed E-state index contributed by atoms with van der Waals surface area (Å²) in [6.07, 6.45) is 0. The van der Waals surface area contributed by atoms with Crippen LogP contribution in [-0.2, 0) is 0 Å². The van der Waals surface area contributed by atoms with Crippen molar-refractivity contribution in [2.75, 3.05) is 16.8 Å². The highest BCUT2D eigenvalue weighted by Crippen LogP contribution is 2.34. The molecule has 0 saturated carbocycles. The minimum absolute atomic E-state index is 0.153. The molecule has 6 N–H and O–H groups in total. The molecule has 2 aromatic carbocycles. The molecule has 0 amide bonds. The van der Waals surface area contributed by atoms with E-state index in [0.29, 0.717) is 17.1 Å². The van der Waals surface area contributed by atoms with E-state index in [-0.39, 0.29) is 5.75 Å². The first-order valence-corrected chi connectivity index (χ1v) is 5.29. The summed E-state index contributed by atoms with van der Waals surface area (Å²) in [5.74, 6) is 0.153. The Hall–Kier alpha value is -2.36. The number of phenolic OH excluding ortho intramolecular Hbond substituents is 1. The topological polar surface area (TPSA) is 84.3 Å². The number of hydrogen-bond acceptors (Lipinski definition) is 4. The lowest BCUT2D eigenvalue weighted by molar-refractivity contribution is 0.477. The summed E-state index contributed by atoms with van der Waals surface area (Å²) in [6, 6.07) is 10.6. The first-order valence-electron chi connectivity index (χ1n) is 5.29. The Balaban J connectivity index is 2.43. The molecule has 0 bridgehead atoms. The summed E-state index contributed by atoms with van der Waals surface area (Å²) in [7, 11) is 0. The highest BCUT2D eigenvalue weighted by atomic mass is 16.3. The molecule has 0 radical (unpaired) electrons. The number of para-hydroxylation sites is 2. The van der Waals surface area contributed by atoms with E-state index in [2.05, 4.69) is 5.32 Å². The van der Waals surface area contributed by atoms with Crippen LogP contribution in [0.3, 0.4) is 0 Å². The summed E-state index contributed by atoms with van der Waals surface area (Å²) >= 11 is 0. The van der Waals surface area contributed by atoms with Crippen molar-refractivity contribution in [2.24, 2.45) is 0 Å². The number of rotatable bonds is 2. The summed E-state index contributed by atoms with van der Waals surface area (Å²) in [5.41, 5.74) is 15.0. The maximum absolute atomic E-state index is 9.81. The van der Waals surface area contributed by atoms with Crippen molar-refractivity contribution >= 4 is 22.7 Å². The van der Waals surface area contributed by atoms with Gasteiger partial charge in [-0.2, -0.15) is 0 Å². The molecule has 0 heterocycles. The van der Waals surface area contributed by atoms with Gasteiger partial charge in [-0.1, -0.05) is 12.1 Å². The minimum Gasteiger partial charge on any atom is -0.506 e. The quantitative estimate of drug-likeness (QED) is 0.362. The Morgan fingerprint density at radius 3 is 2.41 bits per heavy atom. The zero-order chi connectivity index (χ0) is 12.4. The monoisotopic (exact) mass is 229 g/mol. The van der Waals surface area contributed by atoms with Crippen LogP contribution in [0.5, 0.6) is 5.75 Å². The molecule has 0 aliphatic carbocycles. The number of aromatic hydroxyl groups is 1. The Morgan fingerprint density at radius 2 is 1.71 bits per heavy atom. The van der Waals surface area contributed by atoms with E-state index in [1.54, 1.807) is 18.2 Å². The fourth-order valence-electron chi connectivity index (χ4n) is 1.62. The molecule has 0 aromatic heterocycles. The fraction of sp³-hybridized carbons (Fsp3) is 0.0769. The van der Waals surface area contributed by atoms with Crippen molar-refractivity contribution in [3.8, 4) is 5.75 Å². The van der Waals surface area contributed by atoms with E-state index in [4.69, 9.17) is 11.5 Å². The lowest BCUT2D eigenvalue weighted by atomic mass is 10.1. The molecule has 2 rings (SSSR count). The van der Waals surface area contributed by atoms with E-state index < -0.39 is 0 Å². The van der Waals surface area contributed by atoms with Crippen molar-refractivity contribution < 1.29 is 5.11 Å². The first kappa shape index (κ1) is 11.1. The molecule has 0 saturated heterocycles. The first-order chi connectivity index (χ1) is 8.09. The molecule has 4 heteroatoms. The van der Waals surface area contributed by atoms with Crippen molar-refractivity contribution in [1.29, 1.82) is 0 Å². The van der Waals surface area contributed by atoms with Crippen LogP contribution in [0.2, 0.25) is 0 Å². The third-order valence-electron chi connectivity index (χ3n) is 2.71. The second kappa shape index (κ2) is 4.25. The van der Waals surface area contributed by atoms with Crippen molar-refractivity contribution in [3.05, 3.63) is 42.0 Å². The molecule has 0 aliphatic rings. The largest absolute Gasteiger partial charge is 0.506 e. The van der Waals surface area contributed by atoms with Crippen LogP contribution in [-0.4, -0.2) is 5.11 Å². The van der Waals surface area contributed by atoms with Gasteiger partial charge in [-0.3, -0.25) is 0 Å². The predicted molar refractivity (Wildman–Crippen MR) is 71.4 cm³/mol. The molecule has 0 unspecified atom stereocenters. The number of nitrogens with one attached hydrogen (secondary N) is 1. The predicted octanol–water partition coefficient (Wildman–Crippen LogP) is 2.61. The minimum atomic E-state index is 0.153. The van der Waals surface area contributed by atoms with Gasteiger partial charge in [0, 0.05) is 5.69 Å². The van der Waals surface area contributed by atoms with Crippen LogP contribution in [0.4, 0.5) is 22.7 Å². The van der Waals surface area contributed by atoms with Crippen LogP contribution in [0.25, 0.3) is 0 Å². The smallest absolute Gasteiger partial charge is 0.139 e. The second-order valence-corrected chi connectivity index (χ2v) is 3.89. The molecular formula is C13H15N3O. The van der Waals surface area contributed by atoms with E-state index >= 15 is 0 Å². The molecule has 0 fully saturated rings. The summed E-state index contributed by atoms with van der Waals surface area (Å²) < 4.78 is 0. The Kier molecular flexibility index (Phi) is 2.78. The number of phenols is 1. The van der Waals surface area contributed by atoms with Gasteiger partial charge in [0.2, 0.25) is 0 Å². The summed E-state index contributed by atoms with van der Waals surface area (Å²) in [6.45, 7) is 1.84. The molecule has 4 nitrogen and oxygen atoms in total. The van der Waals surface area contributed by atoms with Crippen LogP contribution in [0, 0.1) is 6.92 Å². The maximum atomic E-state index is 9.81. The maximum Gasteiger partial charge on any atom is 0.139 e. The fourth-order valence-corrected chi connectivity index (χ4v) is 1.62. The average molecular weight is 229 g/mol. The molecular weight excluding hydrogens is 214 g/mol. The van der Waals surface area contributed by atoms with Gasteiger partial charge < -0.3 is 21.9 Å². The molecule has 2 aromatic rings. The Bertz CT molecular complexity index is 552. The third-order valence-corrected chi connectivity index (χ3v) is 2.71. The molecule has 0 aliphatic heterocycles. The second-order valence-electron chi connectivity index (χ2n) is 3.89. The van der Waals surface area contributed by atoms with Gasteiger partial charge in [0.1, 0.15) is 5.75 Å². The van der Waals surface area contributed by atoms with Crippen LogP contribution in [0.15, 0.2) is 36.4 Å². The summed E-state index contributed by atoms with van der Waals surface area (Å²) in [5, 5.41) is 12.9. The van der Waals surface area contributed by atoms with Crippen LogP contribution >= 0.6 is 0 Å². The highest BCUT2D eigenvalue weighted by Gasteiger charge is 2.08. The number of nitrogens with two attached hydrogens (primary N) is 2. The van der Waals surface area contributed by atoms with E-state index in [0.717, 1.165) is 11.3 Å². The van der Waals surface area contributed by atoms with Crippen molar-refractivity contribution in [3.63, 3.8) is 0 Å². The third kappa shape index (κ3) is 2.10. The lowest BCUT2D eigenvalue weighted by Crippen LogP contribution is -2.00. The number of benzene rings is 2. The lowest BCUT2D eigenvalue weighted by Gasteiger charge is -2.14. The van der Waals surface area contributed by atoms with E-state index in [9.17, 15) is 5.11 Å². The SMILES string of the molecule is Cc1c(N)ccc(O)c1Nc1ccccc1N. The van der Waals surface area contributed by atoms with Crippen LogP contribution < -0.4 is 16.8 Å². The molecule has 88 valence electrons.